The maximum absolute atomic E-state index is 14.9. The van der Waals surface area contributed by atoms with Crippen LogP contribution in [0.5, 0.6) is 11.6 Å². The topological polar surface area (TPSA) is 112 Å². The van der Waals surface area contributed by atoms with E-state index in [2.05, 4.69) is 27.2 Å². The van der Waals surface area contributed by atoms with Crippen molar-refractivity contribution in [3.63, 3.8) is 0 Å². The molecule has 7 rings (SSSR count). The molecule has 0 spiro atoms. The van der Waals surface area contributed by atoms with Crippen molar-refractivity contribution in [1.82, 2.24) is 15.0 Å². The number of methoxy groups -OCH3 is 1. The smallest absolute Gasteiger partial charge is 0.263 e. The minimum Gasteiger partial charge on any atom is -0.481 e. The molecule has 3 N–H and O–H groups in total. The number of aromatic nitrogens is 3. The van der Waals surface area contributed by atoms with E-state index in [0.29, 0.717) is 53.6 Å². The third-order valence-corrected chi connectivity index (χ3v) is 8.66. The molecule has 6 heterocycles. The average molecular weight is 535 g/mol. The van der Waals surface area contributed by atoms with Crippen molar-refractivity contribution in [2.75, 3.05) is 25.6 Å². The fourth-order valence-electron chi connectivity index (χ4n) is 6.23. The Morgan fingerprint density at radius 1 is 1.26 bits per heavy atom. The Balaban J connectivity index is 1.14. The maximum Gasteiger partial charge on any atom is 0.263 e. The first-order valence-electron chi connectivity index (χ1n) is 13.4. The number of amides is 1. The van der Waals surface area contributed by atoms with Crippen LogP contribution in [0.25, 0.3) is 17.1 Å². The number of aryl methyl sites for hydroxylation is 1. The summed E-state index contributed by atoms with van der Waals surface area (Å²) in [5, 5.41) is 5.15. The molecule has 3 fully saturated rings. The Hall–Kier alpha value is -3.63. The lowest BCUT2D eigenvalue weighted by Gasteiger charge is -2.51. The number of rotatable bonds is 8. The number of hydrogen-bond donors (Lipinski definition) is 2. The summed E-state index contributed by atoms with van der Waals surface area (Å²) in [5.41, 5.74) is 4.22. The van der Waals surface area contributed by atoms with Crippen LogP contribution in [0, 0.1) is 12.7 Å². The van der Waals surface area contributed by atoms with E-state index >= 15 is 0 Å². The predicted molar refractivity (Wildman–Crippen MR) is 143 cm³/mol. The second kappa shape index (κ2) is 9.84. The first-order valence-corrected chi connectivity index (χ1v) is 13.4. The average Bonchev–Trinajstić information content (AvgIpc) is 2.96. The quantitative estimate of drug-likeness (QED) is 0.456. The minimum atomic E-state index is -0.346. The second-order valence-corrected chi connectivity index (χ2v) is 10.9. The summed E-state index contributed by atoms with van der Waals surface area (Å²) in [5.74, 6) is 0.983. The largest absolute Gasteiger partial charge is 0.481 e. The highest BCUT2D eigenvalue weighted by atomic mass is 19.1. The summed E-state index contributed by atoms with van der Waals surface area (Å²) in [6, 6.07) is 3.54. The molecular weight excluding hydrogens is 501 g/mol. The lowest BCUT2D eigenvalue weighted by Crippen LogP contribution is -2.98. The number of quaternary nitrogens is 1. The summed E-state index contributed by atoms with van der Waals surface area (Å²) in [7, 11) is 1.55. The molecule has 4 aliphatic rings. The van der Waals surface area contributed by atoms with Crippen LogP contribution in [0.2, 0.25) is 0 Å². The number of fused-ring (bicyclic) bond motifs is 5. The predicted octanol–water partition coefficient (Wildman–Crippen LogP) is 3.23. The summed E-state index contributed by atoms with van der Waals surface area (Å²) in [6.07, 6.45) is 8.17. The van der Waals surface area contributed by atoms with Crippen molar-refractivity contribution < 1.29 is 28.7 Å². The Labute approximate surface area is 226 Å². The summed E-state index contributed by atoms with van der Waals surface area (Å²) >= 11 is 0. The molecule has 3 aromatic heterocycles. The SMILES string of the molecule is C=Cc1c(C[NH2+]C23CCC(CCc4c(F)cnc5ccc(OC)nc45)(CC2)OC3)nc2c(c1C)OCC(=O)N2. The van der Waals surface area contributed by atoms with Crippen molar-refractivity contribution in [3.8, 4) is 11.6 Å². The van der Waals surface area contributed by atoms with E-state index < -0.39 is 0 Å². The number of ether oxygens (including phenoxy) is 3. The van der Waals surface area contributed by atoms with Crippen molar-refractivity contribution in [3.05, 3.63) is 53.1 Å². The van der Waals surface area contributed by atoms with Gasteiger partial charge in [0, 0.05) is 35.6 Å². The second-order valence-electron chi connectivity index (χ2n) is 10.9. The number of nitrogens with two attached hydrogens (primary N) is 1. The summed E-state index contributed by atoms with van der Waals surface area (Å²) in [6.45, 7) is 7.22. The minimum absolute atomic E-state index is 0.00545. The molecule has 0 radical (unpaired) electrons. The van der Waals surface area contributed by atoms with Crippen molar-refractivity contribution in [1.29, 1.82) is 0 Å². The van der Waals surface area contributed by atoms with E-state index in [1.54, 1.807) is 19.3 Å². The normalized spacial score (nSPS) is 23.7. The fraction of sp³-hybridized carbons (Fsp3) is 0.448. The number of hydrogen-bond acceptors (Lipinski definition) is 7. The third-order valence-electron chi connectivity index (χ3n) is 8.66. The highest BCUT2D eigenvalue weighted by Gasteiger charge is 2.52. The molecule has 1 saturated carbocycles. The molecule has 2 bridgehead atoms. The molecule has 39 heavy (non-hydrogen) atoms. The van der Waals surface area contributed by atoms with Gasteiger partial charge in [0.05, 0.1) is 29.9 Å². The Morgan fingerprint density at radius 3 is 2.79 bits per heavy atom. The maximum atomic E-state index is 14.9. The van der Waals surface area contributed by atoms with Gasteiger partial charge in [-0.25, -0.2) is 14.4 Å². The molecule has 0 aromatic carbocycles. The van der Waals surface area contributed by atoms with E-state index in [1.165, 1.54) is 6.20 Å². The number of anilines is 1. The van der Waals surface area contributed by atoms with E-state index in [4.69, 9.17) is 19.2 Å². The Kier molecular flexibility index (Phi) is 6.47. The number of nitrogens with one attached hydrogen (secondary N) is 1. The van der Waals surface area contributed by atoms with Crippen LogP contribution < -0.4 is 20.1 Å². The lowest BCUT2D eigenvalue weighted by molar-refractivity contribution is -0.754. The molecule has 1 aliphatic carbocycles. The van der Waals surface area contributed by atoms with Gasteiger partial charge in [-0.05, 0) is 38.7 Å². The zero-order valence-corrected chi connectivity index (χ0v) is 22.3. The number of pyridine rings is 3. The Bertz CT molecular complexity index is 1450. The van der Waals surface area contributed by atoms with E-state index in [1.807, 2.05) is 13.0 Å². The molecule has 3 aliphatic heterocycles. The van der Waals surface area contributed by atoms with Crippen LogP contribution in [-0.4, -0.2) is 52.3 Å². The molecule has 1 amide bonds. The van der Waals surface area contributed by atoms with Gasteiger partial charge in [0.25, 0.3) is 5.91 Å². The highest BCUT2D eigenvalue weighted by Crippen LogP contribution is 2.45. The summed E-state index contributed by atoms with van der Waals surface area (Å²) < 4.78 is 32.3. The standard InChI is InChI=1S/C29H32FN5O4/c1-4-18-17(2)26-27(34-23(36)15-38-26)33-22(18)14-32-28-9-11-29(12-10-28,39-16-28)8-7-19-20(30)13-31-21-5-6-24(37-3)35-25(19)21/h4-6,13,32H,1,7-12,14-16H2,2-3H3,(H,33,34,36)/p+1. The van der Waals surface area contributed by atoms with Gasteiger partial charge in [0.15, 0.2) is 18.2 Å². The lowest BCUT2D eigenvalue weighted by atomic mass is 9.69. The third kappa shape index (κ3) is 4.61. The van der Waals surface area contributed by atoms with Crippen molar-refractivity contribution in [2.45, 2.75) is 63.1 Å². The van der Waals surface area contributed by atoms with Crippen LogP contribution in [0.1, 0.15) is 54.5 Å². The van der Waals surface area contributed by atoms with Crippen LogP contribution in [0.3, 0.4) is 0 Å². The first-order chi connectivity index (χ1) is 18.8. The molecule has 0 atom stereocenters. The van der Waals surface area contributed by atoms with Gasteiger partial charge in [-0.2, -0.15) is 0 Å². The van der Waals surface area contributed by atoms with Crippen LogP contribution in [0.15, 0.2) is 24.9 Å². The molecule has 9 nitrogen and oxygen atoms in total. The van der Waals surface area contributed by atoms with Gasteiger partial charge < -0.3 is 24.8 Å². The number of halogens is 1. The molecule has 2 saturated heterocycles. The van der Waals surface area contributed by atoms with Crippen LogP contribution >= 0.6 is 0 Å². The van der Waals surface area contributed by atoms with Crippen LogP contribution in [0.4, 0.5) is 10.2 Å². The van der Waals surface area contributed by atoms with E-state index in [9.17, 15) is 9.18 Å². The Morgan fingerprint density at radius 2 is 2.08 bits per heavy atom. The van der Waals surface area contributed by atoms with Gasteiger partial charge in [0.1, 0.15) is 30.2 Å². The highest BCUT2D eigenvalue weighted by molar-refractivity contribution is 5.95. The van der Waals surface area contributed by atoms with Crippen LogP contribution in [-0.2, 0) is 22.5 Å². The van der Waals surface area contributed by atoms with E-state index in [-0.39, 0.29) is 29.5 Å². The zero-order chi connectivity index (χ0) is 27.2. The molecule has 0 unspecified atom stereocenters. The summed E-state index contributed by atoms with van der Waals surface area (Å²) in [4.78, 5) is 25.2. The fourth-order valence-corrected chi connectivity index (χ4v) is 6.23. The van der Waals surface area contributed by atoms with Gasteiger partial charge >= 0.3 is 0 Å². The monoisotopic (exact) mass is 534 g/mol. The molecule has 204 valence electrons. The van der Waals surface area contributed by atoms with Gasteiger partial charge in [-0.3, -0.25) is 9.78 Å². The first kappa shape index (κ1) is 25.6. The zero-order valence-electron chi connectivity index (χ0n) is 22.3. The number of carbonyl (C=O) groups is 1. The van der Waals surface area contributed by atoms with Gasteiger partial charge in [0.2, 0.25) is 5.88 Å². The number of carbonyl (C=O) groups excluding carboxylic acids is 1. The number of nitrogens with zero attached hydrogens (tertiary/aromatic N) is 3. The molecule has 3 aromatic rings. The van der Waals surface area contributed by atoms with Crippen molar-refractivity contribution in [2.24, 2.45) is 0 Å². The van der Waals surface area contributed by atoms with Crippen molar-refractivity contribution >= 4 is 28.8 Å². The van der Waals surface area contributed by atoms with Gasteiger partial charge in [-0.15, -0.1) is 0 Å². The van der Waals surface area contributed by atoms with E-state index in [0.717, 1.165) is 48.9 Å². The van der Waals surface area contributed by atoms with Gasteiger partial charge in [-0.1, -0.05) is 12.7 Å². The molecule has 10 heteroatoms. The molecular formula is C29H33FN5O4+.